The van der Waals surface area contributed by atoms with Crippen LogP contribution in [0.4, 0.5) is 9.52 Å². The van der Waals surface area contributed by atoms with Crippen LogP contribution in [0.1, 0.15) is 53.7 Å². The molecule has 2 atom stereocenters. The lowest BCUT2D eigenvalue weighted by Gasteiger charge is -2.25. The predicted octanol–water partition coefficient (Wildman–Crippen LogP) is 8.35. The molecule has 0 radical (unpaired) electrons. The van der Waals surface area contributed by atoms with E-state index in [9.17, 15) is 4.39 Å². The Bertz CT molecular complexity index is 1170. The van der Waals surface area contributed by atoms with Crippen LogP contribution in [-0.4, -0.2) is 18.1 Å². The molecule has 1 aromatic heterocycles. The normalized spacial score (nSPS) is 12.4. The largest absolute Gasteiger partial charge is 0.496 e. The fourth-order valence-electron chi connectivity index (χ4n) is 3.95. The molecule has 3 aromatic rings. The second-order valence-electron chi connectivity index (χ2n) is 8.27. The van der Waals surface area contributed by atoms with Crippen molar-refractivity contribution in [3.05, 3.63) is 62.7 Å². The minimum absolute atomic E-state index is 0. The molecule has 3 rings (SSSR count). The average Bonchev–Trinajstić information content (AvgIpc) is 3.16. The third kappa shape index (κ3) is 6.24. The molecule has 1 heterocycles. The number of terminal acetylenes is 1. The summed E-state index contributed by atoms with van der Waals surface area (Å²) in [6.07, 6.45) is 8.87. The van der Waals surface area contributed by atoms with E-state index in [4.69, 9.17) is 27.7 Å². The van der Waals surface area contributed by atoms with Gasteiger partial charge in [0.1, 0.15) is 11.6 Å². The van der Waals surface area contributed by atoms with Crippen LogP contribution in [0.3, 0.4) is 0 Å². The van der Waals surface area contributed by atoms with E-state index in [1.807, 2.05) is 38.1 Å². The molecular weight excluding hydrogens is 490 g/mol. The molecule has 0 saturated heterocycles. The number of nitrogens with one attached hydrogen (secondary N) is 1. The maximum absolute atomic E-state index is 14.3. The van der Waals surface area contributed by atoms with Gasteiger partial charge in [0, 0.05) is 16.4 Å². The third-order valence-electron chi connectivity index (χ3n) is 5.89. The summed E-state index contributed by atoms with van der Waals surface area (Å²) in [5.41, 5.74) is 4.20. The van der Waals surface area contributed by atoms with E-state index >= 15 is 0 Å². The monoisotopic (exact) mass is 520 g/mol. The Morgan fingerprint density at radius 1 is 1.21 bits per heavy atom. The second-order valence-corrected chi connectivity index (χ2v) is 9.88. The number of anilines is 1. The molecule has 34 heavy (non-hydrogen) atoms. The van der Waals surface area contributed by atoms with Gasteiger partial charge in [0.25, 0.3) is 0 Å². The molecule has 0 aliphatic heterocycles. The zero-order valence-corrected chi connectivity index (χ0v) is 22.6. The summed E-state index contributed by atoms with van der Waals surface area (Å²) < 4.78 is 19.7. The van der Waals surface area contributed by atoms with Crippen LogP contribution >= 0.6 is 35.3 Å². The van der Waals surface area contributed by atoms with Gasteiger partial charge in [-0.15, -0.1) is 30.2 Å². The van der Waals surface area contributed by atoms with Crippen molar-refractivity contribution in [2.45, 2.75) is 58.9 Å². The number of unbranched alkanes of at least 4 members (excludes halogenated alkanes) is 1. The Hall–Kier alpha value is -2.26. The van der Waals surface area contributed by atoms with Crippen molar-refractivity contribution in [3.8, 4) is 29.4 Å². The van der Waals surface area contributed by atoms with E-state index < -0.39 is 0 Å². The summed E-state index contributed by atoms with van der Waals surface area (Å²) >= 11 is 8.08. The van der Waals surface area contributed by atoms with Crippen LogP contribution in [0, 0.1) is 38.9 Å². The maximum Gasteiger partial charge on any atom is 0.184 e. The highest BCUT2D eigenvalue weighted by atomic mass is 35.5. The van der Waals surface area contributed by atoms with Crippen molar-refractivity contribution in [1.82, 2.24) is 4.98 Å². The highest BCUT2D eigenvalue weighted by molar-refractivity contribution is 7.16. The maximum atomic E-state index is 14.3. The van der Waals surface area contributed by atoms with Crippen molar-refractivity contribution < 1.29 is 9.13 Å². The van der Waals surface area contributed by atoms with Crippen LogP contribution in [0.15, 0.2) is 30.3 Å². The topological polar surface area (TPSA) is 34.2 Å². The van der Waals surface area contributed by atoms with Gasteiger partial charge in [-0.2, -0.15) is 0 Å². The first-order chi connectivity index (χ1) is 15.8. The zero-order chi connectivity index (χ0) is 24.1. The fraction of sp³-hybridized carbons (Fsp3) is 0.370. The minimum Gasteiger partial charge on any atom is -0.496 e. The van der Waals surface area contributed by atoms with E-state index in [0.717, 1.165) is 57.4 Å². The molecule has 0 saturated carbocycles. The Balaban J connectivity index is 0.00000408. The van der Waals surface area contributed by atoms with Crippen molar-refractivity contribution in [2.24, 2.45) is 0 Å². The van der Waals surface area contributed by atoms with Gasteiger partial charge in [0.2, 0.25) is 0 Å². The summed E-state index contributed by atoms with van der Waals surface area (Å²) in [4.78, 5) is 5.86. The minimum atomic E-state index is -0.315. The highest BCUT2D eigenvalue weighted by Crippen LogP contribution is 2.39. The molecule has 0 aliphatic carbocycles. The number of ether oxygens (including phenoxy) is 1. The van der Waals surface area contributed by atoms with Gasteiger partial charge in [0.05, 0.1) is 23.9 Å². The molecule has 182 valence electrons. The quantitative estimate of drug-likeness (QED) is 0.287. The smallest absolute Gasteiger partial charge is 0.184 e. The molecule has 0 bridgehead atoms. The van der Waals surface area contributed by atoms with Crippen LogP contribution in [0.2, 0.25) is 5.02 Å². The number of aromatic nitrogens is 1. The summed E-state index contributed by atoms with van der Waals surface area (Å²) in [6, 6.07) is 8.89. The van der Waals surface area contributed by atoms with Gasteiger partial charge in [0.15, 0.2) is 5.13 Å². The molecule has 0 fully saturated rings. The van der Waals surface area contributed by atoms with Gasteiger partial charge < -0.3 is 10.1 Å². The fourth-order valence-corrected chi connectivity index (χ4v) is 5.06. The molecule has 0 aliphatic rings. The van der Waals surface area contributed by atoms with Crippen LogP contribution in [0.25, 0.3) is 11.3 Å². The SMILES string of the molecule is C#CC(Nc1nc(-c2cc(C)c(OC)cc2Cl)c(C)s1)C(CCCC)c1ccc(C)c(F)c1.Cl. The lowest BCUT2D eigenvalue weighted by atomic mass is 9.87. The van der Waals surface area contributed by atoms with E-state index in [1.54, 1.807) is 20.1 Å². The Morgan fingerprint density at radius 2 is 1.94 bits per heavy atom. The van der Waals surface area contributed by atoms with E-state index in [1.165, 1.54) is 11.3 Å². The number of thiazole rings is 1. The number of nitrogens with zero attached hydrogens (tertiary/aromatic N) is 1. The molecule has 0 amide bonds. The first-order valence-electron chi connectivity index (χ1n) is 11.1. The van der Waals surface area contributed by atoms with Crippen molar-refractivity contribution >= 4 is 40.5 Å². The van der Waals surface area contributed by atoms with Gasteiger partial charge >= 0.3 is 0 Å². The number of methoxy groups -OCH3 is 1. The third-order valence-corrected chi connectivity index (χ3v) is 7.10. The number of halogens is 3. The molecule has 7 heteroatoms. The lowest BCUT2D eigenvalue weighted by molar-refractivity contribution is 0.412. The van der Waals surface area contributed by atoms with Gasteiger partial charge in [-0.05, 0) is 62.1 Å². The lowest BCUT2D eigenvalue weighted by Crippen LogP contribution is -2.26. The number of aryl methyl sites for hydroxylation is 3. The predicted molar refractivity (Wildman–Crippen MR) is 145 cm³/mol. The number of rotatable bonds is 9. The van der Waals surface area contributed by atoms with Crippen LogP contribution < -0.4 is 10.1 Å². The zero-order valence-electron chi connectivity index (χ0n) is 20.2. The Morgan fingerprint density at radius 3 is 2.56 bits per heavy atom. The molecule has 1 N–H and O–H groups in total. The van der Waals surface area contributed by atoms with E-state index in [-0.39, 0.29) is 30.2 Å². The first kappa shape index (κ1) is 28.0. The number of hydrogen-bond acceptors (Lipinski definition) is 4. The Labute approximate surface area is 217 Å². The highest BCUT2D eigenvalue weighted by Gasteiger charge is 2.24. The van der Waals surface area contributed by atoms with Gasteiger partial charge in [-0.3, -0.25) is 0 Å². The molecular formula is C27H31Cl2FN2OS. The number of hydrogen-bond donors (Lipinski definition) is 1. The summed E-state index contributed by atoms with van der Waals surface area (Å²) in [6.45, 7) is 7.90. The van der Waals surface area contributed by atoms with Crippen molar-refractivity contribution in [1.29, 1.82) is 0 Å². The van der Waals surface area contributed by atoms with E-state index in [2.05, 4.69) is 18.2 Å². The summed E-state index contributed by atoms with van der Waals surface area (Å²) in [7, 11) is 1.63. The second kappa shape index (κ2) is 12.4. The Kier molecular flexibility index (Phi) is 10.2. The average molecular weight is 522 g/mol. The van der Waals surface area contributed by atoms with Crippen molar-refractivity contribution in [3.63, 3.8) is 0 Å². The van der Waals surface area contributed by atoms with Crippen LogP contribution in [0.5, 0.6) is 5.75 Å². The molecule has 2 unspecified atom stereocenters. The van der Waals surface area contributed by atoms with E-state index in [0.29, 0.717) is 10.6 Å². The summed E-state index contributed by atoms with van der Waals surface area (Å²) in [5.74, 6) is 3.40. The first-order valence-corrected chi connectivity index (χ1v) is 12.3. The van der Waals surface area contributed by atoms with Crippen molar-refractivity contribution in [2.75, 3.05) is 12.4 Å². The molecule has 3 nitrogen and oxygen atoms in total. The summed E-state index contributed by atoms with van der Waals surface area (Å²) in [5, 5.41) is 4.75. The van der Waals surface area contributed by atoms with Gasteiger partial charge in [-0.25, -0.2) is 9.37 Å². The standard InChI is InChI=1S/C27H30ClFN2OS.ClH/c1-7-9-10-20(19-12-11-16(3)23(29)14-19)24(8-2)30-27-31-26(18(5)33-27)21-13-17(4)25(32-6)15-22(21)28;/h2,11-15,20,24H,7,9-10H2,1,3-6H3,(H,30,31);1H. The molecule has 0 spiro atoms. The van der Waals surface area contributed by atoms with Gasteiger partial charge in [-0.1, -0.05) is 49.4 Å². The molecule has 2 aromatic carbocycles. The number of benzene rings is 2. The van der Waals surface area contributed by atoms with Crippen LogP contribution in [-0.2, 0) is 0 Å².